The third kappa shape index (κ3) is 2.61. The molecule has 94 valence electrons. The minimum absolute atomic E-state index is 0.128. The molecule has 2 aliphatic rings. The first-order valence-corrected chi connectivity index (χ1v) is 6.49. The highest BCUT2D eigenvalue weighted by Crippen LogP contribution is 2.27. The summed E-state index contributed by atoms with van der Waals surface area (Å²) in [6.45, 7) is 5.65. The Labute approximate surface area is 103 Å². The number of piperidine rings is 1. The first kappa shape index (κ1) is 12.4. The fraction of sp³-hybridized carbons (Fsp3) is 0.846. The molecule has 0 spiro atoms. The molecule has 4 nitrogen and oxygen atoms in total. The van der Waals surface area contributed by atoms with E-state index in [1.165, 1.54) is 19.4 Å². The molecule has 0 radical (unpaired) electrons. The van der Waals surface area contributed by atoms with E-state index in [2.05, 4.69) is 16.3 Å². The zero-order valence-electron chi connectivity index (χ0n) is 10.7. The summed E-state index contributed by atoms with van der Waals surface area (Å²) in [5, 5.41) is 12.0. The summed E-state index contributed by atoms with van der Waals surface area (Å²) >= 11 is 0. The van der Waals surface area contributed by atoms with Gasteiger partial charge in [-0.15, -0.1) is 0 Å². The lowest BCUT2D eigenvalue weighted by atomic mass is 9.92. The van der Waals surface area contributed by atoms with Crippen LogP contribution in [0, 0.1) is 16.7 Å². The average molecular weight is 235 g/mol. The van der Waals surface area contributed by atoms with Crippen LogP contribution in [0.2, 0.25) is 0 Å². The molecule has 0 aliphatic carbocycles. The van der Waals surface area contributed by atoms with Gasteiger partial charge in [0.15, 0.2) is 0 Å². The van der Waals surface area contributed by atoms with Crippen molar-refractivity contribution >= 4 is 5.91 Å². The van der Waals surface area contributed by atoms with Gasteiger partial charge in [-0.25, -0.2) is 0 Å². The minimum Gasteiger partial charge on any atom is -0.352 e. The second kappa shape index (κ2) is 4.66. The number of hydrogen-bond donors (Lipinski definition) is 1. The van der Waals surface area contributed by atoms with E-state index >= 15 is 0 Å². The topological polar surface area (TPSA) is 56.1 Å². The van der Waals surface area contributed by atoms with Crippen molar-refractivity contribution in [2.24, 2.45) is 5.41 Å². The van der Waals surface area contributed by atoms with Crippen LogP contribution in [-0.4, -0.2) is 36.0 Å². The van der Waals surface area contributed by atoms with Crippen LogP contribution in [0.4, 0.5) is 0 Å². The van der Waals surface area contributed by atoms with Gasteiger partial charge in [-0.2, -0.15) is 5.26 Å². The van der Waals surface area contributed by atoms with Crippen molar-refractivity contribution in [3.63, 3.8) is 0 Å². The van der Waals surface area contributed by atoms with Crippen LogP contribution in [0.25, 0.3) is 0 Å². The maximum absolute atomic E-state index is 11.9. The summed E-state index contributed by atoms with van der Waals surface area (Å²) < 4.78 is 0. The van der Waals surface area contributed by atoms with Gasteiger partial charge in [-0.1, -0.05) is 0 Å². The van der Waals surface area contributed by atoms with Crippen molar-refractivity contribution in [1.29, 1.82) is 5.26 Å². The largest absolute Gasteiger partial charge is 0.352 e. The molecule has 0 aromatic heterocycles. The molecular formula is C13H21N3O. The van der Waals surface area contributed by atoms with Crippen LogP contribution in [0.15, 0.2) is 0 Å². The summed E-state index contributed by atoms with van der Waals surface area (Å²) in [5.74, 6) is -0.128. The zero-order chi connectivity index (χ0) is 12.5. The molecular weight excluding hydrogens is 214 g/mol. The molecule has 2 fully saturated rings. The van der Waals surface area contributed by atoms with E-state index < -0.39 is 5.41 Å². The molecule has 1 N–H and O–H groups in total. The second-order valence-corrected chi connectivity index (χ2v) is 5.76. The van der Waals surface area contributed by atoms with E-state index in [0.717, 1.165) is 19.4 Å². The van der Waals surface area contributed by atoms with Crippen molar-refractivity contribution in [2.75, 3.05) is 13.1 Å². The fourth-order valence-electron chi connectivity index (χ4n) is 2.77. The summed E-state index contributed by atoms with van der Waals surface area (Å²) in [5.41, 5.74) is -0.910. The highest BCUT2D eigenvalue weighted by atomic mass is 16.2. The van der Waals surface area contributed by atoms with Crippen molar-refractivity contribution in [1.82, 2.24) is 10.2 Å². The number of fused-ring (bicyclic) bond motifs is 1. The molecule has 2 unspecified atom stereocenters. The maximum atomic E-state index is 11.9. The van der Waals surface area contributed by atoms with E-state index in [1.807, 2.05) is 0 Å². The monoisotopic (exact) mass is 235 g/mol. The van der Waals surface area contributed by atoms with Gasteiger partial charge in [-0.3, -0.25) is 4.79 Å². The Morgan fingerprint density at radius 2 is 2.18 bits per heavy atom. The lowest BCUT2D eigenvalue weighted by Crippen LogP contribution is -2.50. The first-order chi connectivity index (χ1) is 8.03. The van der Waals surface area contributed by atoms with E-state index in [0.29, 0.717) is 6.04 Å². The lowest BCUT2D eigenvalue weighted by molar-refractivity contribution is -0.127. The summed E-state index contributed by atoms with van der Waals surface area (Å²) in [7, 11) is 0. The Kier molecular flexibility index (Phi) is 3.39. The molecule has 2 heterocycles. The molecule has 0 aromatic carbocycles. The molecule has 1 amide bonds. The smallest absolute Gasteiger partial charge is 0.240 e. The van der Waals surface area contributed by atoms with E-state index in [9.17, 15) is 4.79 Å². The molecule has 0 bridgehead atoms. The quantitative estimate of drug-likeness (QED) is 0.784. The second-order valence-electron chi connectivity index (χ2n) is 5.76. The Morgan fingerprint density at radius 3 is 2.88 bits per heavy atom. The fourth-order valence-corrected chi connectivity index (χ4v) is 2.77. The van der Waals surface area contributed by atoms with Crippen LogP contribution in [0.1, 0.15) is 39.5 Å². The highest BCUT2D eigenvalue weighted by Gasteiger charge is 2.35. The van der Waals surface area contributed by atoms with Gasteiger partial charge in [0.25, 0.3) is 0 Å². The number of nitriles is 1. The standard InChI is InChI=1S/C13H21N3O/c1-13(2,9-14)12(17)15-10-5-7-16-6-3-4-11(16)8-10/h10-11H,3-8H2,1-2H3,(H,15,17). The van der Waals surface area contributed by atoms with Crippen LogP contribution in [0.3, 0.4) is 0 Å². The number of carbonyl (C=O) groups excluding carboxylic acids is 1. The third-order valence-corrected chi connectivity index (χ3v) is 4.00. The molecule has 4 heteroatoms. The Morgan fingerprint density at radius 1 is 1.41 bits per heavy atom. The first-order valence-electron chi connectivity index (χ1n) is 6.49. The summed E-state index contributed by atoms with van der Waals surface area (Å²) in [4.78, 5) is 14.4. The Hall–Kier alpha value is -1.08. The molecule has 0 saturated carbocycles. The van der Waals surface area contributed by atoms with Crippen molar-refractivity contribution < 1.29 is 4.79 Å². The number of nitrogens with one attached hydrogen (secondary N) is 1. The van der Waals surface area contributed by atoms with Gasteiger partial charge >= 0.3 is 0 Å². The Bertz CT molecular complexity index is 345. The number of hydrogen-bond acceptors (Lipinski definition) is 3. The lowest BCUT2D eigenvalue weighted by Gasteiger charge is -2.35. The van der Waals surface area contributed by atoms with Crippen LogP contribution >= 0.6 is 0 Å². The van der Waals surface area contributed by atoms with Gasteiger partial charge in [0.2, 0.25) is 5.91 Å². The molecule has 0 aromatic rings. The van der Waals surface area contributed by atoms with Gasteiger partial charge < -0.3 is 10.2 Å². The average Bonchev–Trinajstić information content (AvgIpc) is 2.76. The van der Waals surface area contributed by atoms with Gasteiger partial charge in [-0.05, 0) is 46.1 Å². The number of carbonyl (C=O) groups is 1. The minimum atomic E-state index is -0.910. The predicted molar refractivity (Wildman–Crippen MR) is 65.2 cm³/mol. The number of rotatable bonds is 2. The van der Waals surface area contributed by atoms with Crippen molar-refractivity contribution in [3.05, 3.63) is 0 Å². The number of amides is 1. The summed E-state index contributed by atoms with van der Waals surface area (Å²) in [6.07, 6.45) is 4.61. The zero-order valence-corrected chi connectivity index (χ0v) is 10.7. The van der Waals surface area contributed by atoms with Gasteiger partial charge in [0.1, 0.15) is 5.41 Å². The van der Waals surface area contributed by atoms with Crippen LogP contribution in [-0.2, 0) is 4.79 Å². The summed E-state index contributed by atoms with van der Waals surface area (Å²) in [6, 6.07) is 2.97. The van der Waals surface area contributed by atoms with Gasteiger partial charge in [0.05, 0.1) is 6.07 Å². The molecule has 2 saturated heterocycles. The van der Waals surface area contributed by atoms with Gasteiger partial charge in [0, 0.05) is 18.6 Å². The molecule has 17 heavy (non-hydrogen) atoms. The van der Waals surface area contributed by atoms with Crippen LogP contribution < -0.4 is 5.32 Å². The predicted octanol–water partition coefficient (Wildman–Crippen LogP) is 1.28. The highest BCUT2D eigenvalue weighted by molar-refractivity contribution is 5.84. The third-order valence-electron chi connectivity index (χ3n) is 4.00. The van der Waals surface area contributed by atoms with E-state index in [-0.39, 0.29) is 11.9 Å². The Balaban J connectivity index is 1.89. The van der Waals surface area contributed by atoms with Crippen molar-refractivity contribution in [3.8, 4) is 6.07 Å². The molecule has 2 aliphatic heterocycles. The SMILES string of the molecule is CC(C)(C#N)C(=O)NC1CCN2CCCC2C1. The molecule has 2 atom stereocenters. The maximum Gasteiger partial charge on any atom is 0.240 e. The van der Waals surface area contributed by atoms with E-state index in [4.69, 9.17) is 5.26 Å². The van der Waals surface area contributed by atoms with Crippen LogP contribution in [0.5, 0.6) is 0 Å². The number of nitrogens with zero attached hydrogens (tertiary/aromatic N) is 2. The normalized spacial score (nSPS) is 29.5. The van der Waals surface area contributed by atoms with E-state index in [1.54, 1.807) is 13.8 Å². The molecule has 2 rings (SSSR count). The van der Waals surface area contributed by atoms with Crippen molar-refractivity contribution in [2.45, 2.75) is 51.6 Å².